The zero-order valence-corrected chi connectivity index (χ0v) is 14.8. The number of hydrogen-bond acceptors (Lipinski definition) is 5. The molecule has 9 heteroatoms. The first kappa shape index (κ1) is 16.9. The molecule has 1 amide bonds. The molecule has 0 radical (unpaired) electrons. The van der Waals surface area contributed by atoms with Crippen molar-refractivity contribution in [3.8, 4) is 0 Å². The highest BCUT2D eigenvalue weighted by Gasteiger charge is 2.38. The van der Waals surface area contributed by atoms with E-state index in [1.54, 1.807) is 12.1 Å². The summed E-state index contributed by atoms with van der Waals surface area (Å²) in [7, 11) is -3.68. The highest BCUT2D eigenvalue weighted by molar-refractivity contribution is 9.11. The summed E-state index contributed by atoms with van der Waals surface area (Å²) >= 11 is 4.39. The van der Waals surface area contributed by atoms with Gasteiger partial charge in [-0.3, -0.25) is 4.79 Å². The van der Waals surface area contributed by atoms with Gasteiger partial charge in [0.25, 0.3) is 10.0 Å². The van der Waals surface area contributed by atoms with Gasteiger partial charge in [-0.25, -0.2) is 8.42 Å². The first-order chi connectivity index (χ1) is 9.96. The van der Waals surface area contributed by atoms with Crippen molar-refractivity contribution in [2.75, 3.05) is 26.3 Å². The molecule has 1 fully saturated rings. The van der Waals surface area contributed by atoms with E-state index < -0.39 is 16.1 Å². The van der Waals surface area contributed by atoms with Crippen molar-refractivity contribution < 1.29 is 17.9 Å². The van der Waals surface area contributed by atoms with Gasteiger partial charge in [-0.15, -0.1) is 11.3 Å². The highest BCUT2D eigenvalue weighted by Crippen LogP contribution is 2.30. The van der Waals surface area contributed by atoms with Gasteiger partial charge >= 0.3 is 0 Å². The van der Waals surface area contributed by atoms with Crippen molar-refractivity contribution >= 4 is 43.2 Å². The number of ether oxygens (including phenoxy) is 1. The summed E-state index contributed by atoms with van der Waals surface area (Å²) in [5.41, 5.74) is 0. The SMILES string of the molecule is CCCNC(=O)C1COCCN1S(=O)(=O)c1ccc(Br)s1. The molecule has 2 heterocycles. The lowest BCUT2D eigenvalue weighted by atomic mass is 10.2. The summed E-state index contributed by atoms with van der Waals surface area (Å²) in [5.74, 6) is -0.309. The second-order valence-electron chi connectivity index (χ2n) is 4.56. The van der Waals surface area contributed by atoms with E-state index in [1.165, 1.54) is 4.31 Å². The topological polar surface area (TPSA) is 75.7 Å². The fraction of sp³-hybridized carbons (Fsp3) is 0.583. The Balaban J connectivity index is 2.23. The fourth-order valence-electron chi connectivity index (χ4n) is 2.00. The van der Waals surface area contributed by atoms with Crippen molar-refractivity contribution in [3.63, 3.8) is 0 Å². The number of nitrogens with one attached hydrogen (secondary N) is 1. The van der Waals surface area contributed by atoms with E-state index in [4.69, 9.17) is 4.74 Å². The number of carbonyl (C=O) groups is 1. The quantitative estimate of drug-likeness (QED) is 0.816. The zero-order chi connectivity index (χ0) is 15.5. The monoisotopic (exact) mass is 396 g/mol. The van der Waals surface area contributed by atoms with Crippen LogP contribution >= 0.6 is 27.3 Å². The molecule has 1 atom stereocenters. The molecule has 1 saturated heterocycles. The molecular weight excluding hydrogens is 380 g/mol. The third kappa shape index (κ3) is 3.84. The van der Waals surface area contributed by atoms with Gasteiger partial charge in [0.2, 0.25) is 5.91 Å². The summed E-state index contributed by atoms with van der Waals surface area (Å²) in [5, 5.41) is 2.73. The second-order valence-corrected chi connectivity index (χ2v) is 9.14. The minimum absolute atomic E-state index is 0.0846. The predicted molar refractivity (Wildman–Crippen MR) is 83.8 cm³/mol. The van der Waals surface area contributed by atoms with Crippen LogP contribution in [-0.4, -0.2) is 51.0 Å². The third-order valence-electron chi connectivity index (χ3n) is 3.04. The Labute approximate surface area is 136 Å². The Morgan fingerprint density at radius 2 is 2.33 bits per heavy atom. The Bertz CT molecular complexity index is 602. The molecule has 0 aliphatic carbocycles. The number of halogens is 1. The smallest absolute Gasteiger partial charge is 0.253 e. The molecule has 0 spiro atoms. The van der Waals surface area contributed by atoms with Gasteiger partial charge in [-0.2, -0.15) is 4.31 Å². The third-order valence-corrected chi connectivity index (χ3v) is 7.04. The van der Waals surface area contributed by atoms with E-state index in [-0.39, 0.29) is 23.3 Å². The van der Waals surface area contributed by atoms with Crippen LogP contribution in [0.4, 0.5) is 0 Å². The van der Waals surface area contributed by atoms with E-state index >= 15 is 0 Å². The van der Waals surface area contributed by atoms with Crippen LogP contribution in [-0.2, 0) is 19.6 Å². The lowest BCUT2D eigenvalue weighted by molar-refractivity contribution is -0.129. The van der Waals surface area contributed by atoms with Crippen LogP contribution in [0.5, 0.6) is 0 Å². The first-order valence-electron chi connectivity index (χ1n) is 6.59. The van der Waals surface area contributed by atoms with Gasteiger partial charge in [-0.1, -0.05) is 6.92 Å². The molecule has 1 N–H and O–H groups in total. The lowest BCUT2D eigenvalue weighted by Crippen LogP contribution is -2.55. The van der Waals surface area contributed by atoms with Crippen LogP contribution in [0.1, 0.15) is 13.3 Å². The van der Waals surface area contributed by atoms with E-state index in [1.807, 2.05) is 6.92 Å². The number of carbonyl (C=O) groups excluding carboxylic acids is 1. The van der Waals surface area contributed by atoms with Crippen LogP contribution in [0.25, 0.3) is 0 Å². The zero-order valence-electron chi connectivity index (χ0n) is 11.5. The molecule has 6 nitrogen and oxygen atoms in total. The summed E-state index contributed by atoms with van der Waals surface area (Å²) in [6.45, 7) is 3.02. The lowest BCUT2D eigenvalue weighted by Gasteiger charge is -2.33. The molecule has 0 saturated carbocycles. The Morgan fingerprint density at radius 1 is 1.57 bits per heavy atom. The summed E-state index contributed by atoms with van der Waals surface area (Å²) < 4.78 is 32.8. The fourth-order valence-corrected chi connectivity index (χ4v) is 5.70. The van der Waals surface area contributed by atoms with E-state index in [2.05, 4.69) is 21.2 Å². The summed E-state index contributed by atoms with van der Waals surface area (Å²) in [6.07, 6.45) is 0.796. The normalized spacial score (nSPS) is 20.4. The van der Waals surface area contributed by atoms with E-state index in [9.17, 15) is 13.2 Å². The minimum atomic E-state index is -3.68. The number of thiophene rings is 1. The first-order valence-corrected chi connectivity index (χ1v) is 9.64. The van der Waals surface area contributed by atoms with Crippen molar-refractivity contribution in [2.45, 2.75) is 23.6 Å². The number of sulfonamides is 1. The standard InChI is InChI=1S/C12H17BrN2O4S2/c1-2-5-14-12(16)9-8-19-7-6-15(9)21(17,18)11-4-3-10(13)20-11/h3-4,9H,2,5-8H2,1H3,(H,14,16). The average Bonchev–Trinajstić information content (AvgIpc) is 2.92. The number of morpholine rings is 1. The largest absolute Gasteiger partial charge is 0.378 e. The summed E-state index contributed by atoms with van der Waals surface area (Å²) in [6, 6.07) is 2.42. The Morgan fingerprint density at radius 3 is 2.95 bits per heavy atom. The van der Waals surface area contributed by atoms with Crippen LogP contribution in [0.15, 0.2) is 20.1 Å². The molecule has 0 aromatic carbocycles. The number of hydrogen-bond donors (Lipinski definition) is 1. The van der Waals surface area contributed by atoms with Crippen LogP contribution < -0.4 is 5.32 Å². The Kier molecular flexibility index (Phi) is 5.78. The van der Waals surface area contributed by atoms with Crippen molar-refractivity contribution in [3.05, 3.63) is 15.9 Å². The van der Waals surface area contributed by atoms with E-state index in [0.717, 1.165) is 21.5 Å². The maximum absolute atomic E-state index is 12.7. The predicted octanol–water partition coefficient (Wildman–Crippen LogP) is 1.43. The summed E-state index contributed by atoms with van der Waals surface area (Å²) in [4.78, 5) is 12.1. The van der Waals surface area contributed by atoms with Crippen molar-refractivity contribution in [1.82, 2.24) is 9.62 Å². The van der Waals surface area contributed by atoms with Gasteiger partial charge in [0.05, 0.1) is 17.0 Å². The van der Waals surface area contributed by atoms with Gasteiger partial charge in [-0.05, 0) is 34.5 Å². The minimum Gasteiger partial charge on any atom is -0.378 e. The molecule has 0 bridgehead atoms. The molecule has 1 aliphatic heterocycles. The molecular formula is C12H17BrN2O4S2. The molecule has 1 aliphatic rings. The second kappa shape index (κ2) is 7.19. The van der Waals surface area contributed by atoms with Gasteiger partial charge in [0, 0.05) is 13.1 Å². The molecule has 1 aromatic heterocycles. The van der Waals surface area contributed by atoms with Crippen molar-refractivity contribution in [1.29, 1.82) is 0 Å². The van der Waals surface area contributed by atoms with Gasteiger partial charge in [0.15, 0.2) is 0 Å². The molecule has 1 aromatic rings. The average molecular weight is 397 g/mol. The molecule has 2 rings (SSSR count). The molecule has 118 valence electrons. The van der Waals surface area contributed by atoms with Crippen LogP contribution in [0, 0.1) is 0 Å². The maximum atomic E-state index is 12.7. The number of amides is 1. The van der Waals surface area contributed by atoms with Gasteiger partial charge in [0.1, 0.15) is 10.3 Å². The van der Waals surface area contributed by atoms with Crippen molar-refractivity contribution in [2.24, 2.45) is 0 Å². The molecule has 21 heavy (non-hydrogen) atoms. The number of nitrogens with zero attached hydrogens (tertiary/aromatic N) is 1. The number of rotatable bonds is 5. The Hall–Kier alpha value is -0.480. The van der Waals surface area contributed by atoms with E-state index in [0.29, 0.717) is 13.2 Å². The molecule has 1 unspecified atom stereocenters. The van der Waals surface area contributed by atoms with Crippen LogP contribution in [0.3, 0.4) is 0 Å². The highest BCUT2D eigenvalue weighted by atomic mass is 79.9. The van der Waals surface area contributed by atoms with Gasteiger partial charge < -0.3 is 10.1 Å². The van der Waals surface area contributed by atoms with Crippen LogP contribution in [0.2, 0.25) is 0 Å². The maximum Gasteiger partial charge on any atom is 0.253 e.